The molecule has 1 atom stereocenters. The number of hydrogen-bond acceptors (Lipinski definition) is 3. The highest BCUT2D eigenvalue weighted by atomic mass is 19.1. The Hall–Kier alpha value is -2.93. The van der Waals surface area contributed by atoms with Crippen molar-refractivity contribution in [2.24, 2.45) is 0 Å². The van der Waals surface area contributed by atoms with Gasteiger partial charge in [-0.25, -0.2) is 9.18 Å². The maximum Gasteiger partial charge on any atom is 0.321 e. The molecule has 0 aliphatic carbocycles. The number of amides is 3. The second-order valence-electron chi connectivity index (χ2n) is 7.51. The number of nitrogens with one attached hydrogen (secondary N) is 1. The van der Waals surface area contributed by atoms with Crippen LogP contribution in [0.15, 0.2) is 54.6 Å². The molecular weight excluding hydrogens is 359 g/mol. The number of urea groups is 1. The molecule has 2 heterocycles. The molecule has 1 unspecified atom stereocenters. The predicted octanol–water partition coefficient (Wildman–Crippen LogP) is 2.78. The van der Waals surface area contributed by atoms with Gasteiger partial charge in [-0.1, -0.05) is 24.3 Å². The molecule has 2 fully saturated rings. The van der Waals surface area contributed by atoms with Gasteiger partial charge in [0.1, 0.15) is 5.82 Å². The van der Waals surface area contributed by atoms with E-state index in [1.807, 2.05) is 42.3 Å². The van der Waals surface area contributed by atoms with Gasteiger partial charge in [0, 0.05) is 31.0 Å². The molecule has 0 bridgehead atoms. The average molecular weight is 382 g/mol. The van der Waals surface area contributed by atoms with E-state index in [2.05, 4.69) is 5.32 Å². The SMILES string of the molecule is CN1CC(=O)N(c2cccc(F)c2)CC12CCN(C(=O)Nc1ccccc1)C2. The predicted molar refractivity (Wildman–Crippen MR) is 106 cm³/mol. The quantitative estimate of drug-likeness (QED) is 0.869. The molecule has 0 aromatic heterocycles. The Kier molecular flexibility index (Phi) is 4.77. The summed E-state index contributed by atoms with van der Waals surface area (Å²) in [7, 11) is 1.92. The monoisotopic (exact) mass is 382 g/mol. The lowest BCUT2D eigenvalue weighted by Gasteiger charge is -2.46. The van der Waals surface area contributed by atoms with E-state index in [4.69, 9.17) is 0 Å². The molecule has 2 aliphatic rings. The van der Waals surface area contributed by atoms with Crippen molar-refractivity contribution in [3.63, 3.8) is 0 Å². The van der Waals surface area contributed by atoms with Crippen LogP contribution >= 0.6 is 0 Å². The summed E-state index contributed by atoms with van der Waals surface area (Å²) in [5.41, 5.74) is 0.973. The summed E-state index contributed by atoms with van der Waals surface area (Å²) in [6.45, 7) is 1.79. The number of likely N-dealkylation sites (N-methyl/N-ethyl adjacent to an activating group) is 1. The van der Waals surface area contributed by atoms with Gasteiger partial charge in [0.2, 0.25) is 5.91 Å². The number of likely N-dealkylation sites (tertiary alicyclic amines) is 1. The first kappa shape index (κ1) is 18.4. The smallest absolute Gasteiger partial charge is 0.321 e. The largest absolute Gasteiger partial charge is 0.323 e. The Balaban J connectivity index is 1.50. The molecular formula is C21H23FN4O2. The van der Waals surface area contributed by atoms with Gasteiger partial charge in [0.15, 0.2) is 0 Å². The van der Waals surface area contributed by atoms with Crippen LogP contribution in [0.2, 0.25) is 0 Å². The molecule has 2 aromatic carbocycles. The minimum atomic E-state index is -0.367. The van der Waals surface area contributed by atoms with E-state index in [0.29, 0.717) is 25.3 Å². The highest BCUT2D eigenvalue weighted by Crippen LogP contribution is 2.33. The maximum atomic E-state index is 13.7. The number of benzene rings is 2. The lowest BCUT2D eigenvalue weighted by molar-refractivity contribution is -0.123. The van der Waals surface area contributed by atoms with Crippen molar-refractivity contribution in [3.8, 4) is 0 Å². The minimum Gasteiger partial charge on any atom is -0.323 e. The molecule has 2 aromatic rings. The Bertz CT molecular complexity index is 891. The molecule has 4 rings (SSSR count). The second kappa shape index (κ2) is 7.24. The number of hydrogen-bond donors (Lipinski definition) is 1. The van der Waals surface area contributed by atoms with Crippen molar-refractivity contribution in [3.05, 3.63) is 60.4 Å². The van der Waals surface area contributed by atoms with Gasteiger partial charge in [0.05, 0.1) is 12.1 Å². The van der Waals surface area contributed by atoms with Gasteiger partial charge < -0.3 is 15.1 Å². The lowest BCUT2D eigenvalue weighted by Crippen LogP contribution is -2.64. The third kappa shape index (κ3) is 3.45. The third-order valence-corrected chi connectivity index (χ3v) is 5.70. The summed E-state index contributed by atoms with van der Waals surface area (Å²) in [5, 5.41) is 2.92. The van der Waals surface area contributed by atoms with Gasteiger partial charge in [0.25, 0.3) is 0 Å². The van der Waals surface area contributed by atoms with Crippen molar-refractivity contribution in [2.45, 2.75) is 12.0 Å². The second-order valence-corrected chi connectivity index (χ2v) is 7.51. The number of carbonyl (C=O) groups is 2. The number of halogens is 1. The number of piperazine rings is 1. The molecule has 0 saturated carbocycles. The number of nitrogens with zero attached hydrogens (tertiary/aromatic N) is 3. The van der Waals surface area contributed by atoms with Crippen molar-refractivity contribution < 1.29 is 14.0 Å². The summed E-state index contributed by atoms with van der Waals surface area (Å²) in [6, 6.07) is 15.3. The van der Waals surface area contributed by atoms with Crippen LogP contribution in [0.1, 0.15) is 6.42 Å². The van der Waals surface area contributed by atoms with Gasteiger partial charge in [-0.15, -0.1) is 0 Å². The Morgan fingerprint density at radius 3 is 2.64 bits per heavy atom. The fraction of sp³-hybridized carbons (Fsp3) is 0.333. The fourth-order valence-electron chi connectivity index (χ4n) is 4.03. The van der Waals surface area contributed by atoms with Crippen LogP contribution in [-0.4, -0.2) is 60.5 Å². The van der Waals surface area contributed by atoms with E-state index < -0.39 is 0 Å². The van der Waals surface area contributed by atoms with Crippen LogP contribution in [0.25, 0.3) is 0 Å². The zero-order valence-corrected chi connectivity index (χ0v) is 15.8. The van der Waals surface area contributed by atoms with E-state index in [-0.39, 0.29) is 29.8 Å². The molecule has 6 nitrogen and oxygen atoms in total. The van der Waals surface area contributed by atoms with Crippen molar-refractivity contribution in [1.82, 2.24) is 9.80 Å². The van der Waals surface area contributed by atoms with Gasteiger partial charge >= 0.3 is 6.03 Å². The Morgan fingerprint density at radius 2 is 1.89 bits per heavy atom. The first-order valence-electron chi connectivity index (χ1n) is 9.35. The first-order valence-corrected chi connectivity index (χ1v) is 9.35. The third-order valence-electron chi connectivity index (χ3n) is 5.70. The van der Waals surface area contributed by atoms with Crippen molar-refractivity contribution >= 4 is 23.3 Å². The van der Waals surface area contributed by atoms with Gasteiger partial charge in [-0.3, -0.25) is 9.69 Å². The summed E-state index contributed by atoms with van der Waals surface area (Å²) < 4.78 is 13.7. The zero-order valence-electron chi connectivity index (χ0n) is 15.8. The number of para-hydroxylation sites is 1. The Labute approximate surface area is 163 Å². The topological polar surface area (TPSA) is 55.9 Å². The van der Waals surface area contributed by atoms with Crippen molar-refractivity contribution in [2.75, 3.05) is 43.4 Å². The molecule has 28 heavy (non-hydrogen) atoms. The molecule has 1 N–H and O–H groups in total. The summed E-state index contributed by atoms with van der Waals surface area (Å²) in [5.74, 6) is -0.431. The van der Waals surface area contributed by atoms with Crippen molar-refractivity contribution in [1.29, 1.82) is 0 Å². The average Bonchev–Trinajstić information content (AvgIpc) is 3.11. The van der Waals surface area contributed by atoms with E-state index in [1.54, 1.807) is 21.9 Å². The van der Waals surface area contributed by atoms with Crippen LogP contribution in [-0.2, 0) is 4.79 Å². The molecule has 0 radical (unpaired) electrons. The molecule has 146 valence electrons. The lowest BCUT2D eigenvalue weighted by atomic mass is 9.92. The van der Waals surface area contributed by atoms with E-state index in [9.17, 15) is 14.0 Å². The van der Waals surface area contributed by atoms with Crippen LogP contribution < -0.4 is 10.2 Å². The number of carbonyl (C=O) groups excluding carboxylic acids is 2. The summed E-state index contributed by atoms with van der Waals surface area (Å²) in [4.78, 5) is 30.7. The zero-order chi connectivity index (χ0) is 19.7. The number of anilines is 2. The molecule has 2 saturated heterocycles. The maximum absolute atomic E-state index is 13.7. The molecule has 7 heteroatoms. The van der Waals surface area contributed by atoms with E-state index in [0.717, 1.165) is 12.1 Å². The normalized spacial score (nSPS) is 22.7. The fourth-order valence-corrected chi connectivity index (χ4v) is 4.03. The molecule has 1 spiro atoms. The van der Waals surface area contributed by atoms with Gasteiger partial charge in [-0.05, 0) is 43.8 Å². The summed E-state index contributed by atoms with van der Waals surface area (Å²) >= 11 is 0. The highest BCUT2D eigenvalue weighted by molar-refractivity contribution is 5.96. The van der Waals surface area contributed by atoms with E-state index >= 15 is 0 Å². The Morgan fingerprint density at radius 1 is 1.11 bits per heavy atom. The van der Waals surface area contributed by atoms with E-state index in [1.165, 1.54) is 12.1 Å². The first-order chi connectivity index (χ1) is 13.5. The number of rotatable bonds is 2. The minimum absolute atomic E-state index is 0.0640. The summed E-state index contributed by atoms with van der Waals surface area (Å²) in [6.07, 6.45) is 0.755. The van der Waals surface area contributed by atoms with Crippen LogP contribution in [0, 0.1) is 5.82 Å². The van der Waals surface area contributed by atoms with Crippen LogP contribution in [0.5, 0.6) is 0 Å². The molecule has 2 aliphatic heterocycles. The molecule has 3 amide bonds. The van der Waals surface area contributed by atoms with Crippen LogP contribution in [0.4, 0.5) is 20.6 Å². The van der Waals surface area contributed by atoms with Crippen LogP contribution in [0.3, 0.4) is 0 Å². The van der Waals surface area contributed by atoms with Gasteiger partial charge in [-0.2, -0.15) is 0 Å². The standard InChI is InChI=1S/C21H23FN4O2/c1-24-13-19(27)26(18-9-5-6-16(22)12-18)15-21(24)10-11-25(14-21)20(28)23-17-7-3-2-4-8-17/h2-9,12H,10-11,13-15H2,1H3,(H,23,28). The highest BCUT2D eigenvalue weighted by Gasteiger charge is 2.48.